The first-order valence-corrected chi connectivity index (χ1v) is 8.37. The van der Waals surface area contributed by atoms with Gasteiger partial charge in [0.05, 0.1) is 24.1 Å². The number of sulfonamides is 1. The number of benzene rings is 1. The summed E-state index contributed by atoms with van der Waals surface area (Å²) in [6.07, 6.45) is 0.308. The maximum atomic E-state index is 12.5. The molecule has 1 atom stereocenters. The molecule has 1 fully saturated rings. The van der Waals surface area contributed by atoms with Gasteiger partial charge in [0, 0.05) is 18.8 Å². The van der Waals surface area contributed by atoms with Crippen LogP contribution in [0.2, 0.25) is 0 Å². The molecule has 1 saturated heterocycles. The quantitative estimate of drug-likeness (QED) is 0.889. The SMILES string of the molecule is CCCNc1ccc(S(=O)(=O)N2CCOC(C#N)C2)cc1. The zero-order chi connectivity index (χ0) is 15.3. The van der Waals surface area contributed by atoms with Crippen molar-refractivity contribution in [3.63, 3.8) is 0 Å². The first-order chi connectivity index (χ1) is 10.1. The Morgan fingerprint density at radius 3 is 2.76 bits per heavy atom. The molecule has 114 valence electrons. The molecule has 0 bridgehead atoms. The van der Waals surface area contributed by atoms with E-state index in [4.69, 9.17) is 10.00 Å². The van der Waals surface area contributed by atoms with Gasteiger partial charge < -0.3 is 10.1 Å². The Morgan fingerprint density at radius 2 is 2.14 bits per heavy atom. The van der Waals surface area contributed by atoms with Crippen molar-refractivity contribution in [1.29, 1.82) is 5.26 Å². The third kappa shape index (κ3) is 3.73. The number of morpholine rings is 1. The number of rotatable bonds is 5. The van der Waals surface area contributed by atoms with Gasteiger partial charge in [0.25, 0.3) is 0 Å². The maximum absolute atomic E-state index is 12.5. The van der Waals surface area contributed by atoms with Crippen molar-refractivity contribution in [2.45, 2.75) is 24.3 Å². The van der Waals surface area contributed by atoms with E-state index in [0.29, 0.717) is 0 Å². The Hall–Kier alpha value is -1.62. The molecule has 0 amide bonds. The second kappa shape index (κ2) is 6.89. The van der Waals surface area contributed by atoms with Crippen LogP contribution in [-0.4, -0.2) is 45.1 Å². The van der Waals surface area contributed by atoms with Crippen molar-refractivity contribution < 1.29 is 13.2 Å². The van der Waals surface area contributed by atoms with Crippen LogP contribution in [0.4, 0.5) is 5.69 Å². The van der Waals surface area contributed by atoms with Gasteiger partial charge in [-0.25, -0.2) is 8.42 Å². The van der Waals surface area contributed by atoms with Crippen molar-refractivity contribution in [2.24, 2.45) is 0 Å². The topological polar surface area (TPSA) is 82.4 Å². The Morgan fingerprint density at radius 1 is 1.43 bits per heavy atom. The van der Waals surface area contributed by atoms with Crippen LogP contribution in [0.15, 0.2) is 29.2 Å². The van der Waals surface area contributed by atoms with Crippen molar-refractivity contribution in [3.05, 3.63) is 24.3 Å². The molecule has 1 aromatic carbocycles. The molecule has 0 radical (unpaired) electrons. The first kappa shape index (κ1) is 15.8. The van der Waals surface area contributed by atoms with Crippen LogP contribution in [0.3, 0.4) is 0 Å². The van der Waals surface area contributed by atoms with Gasteiger partial charge >= 0.3 is 0 Å². The lowest BCUT2D eigenvalue weighted by Crippen LogP contribution is -2.44. The van der Waals surface area contributed by atoms with Crippen LogP contribution in [0.5, 0.6) is 0 Å². The standard InChI is InChI=1S/C14H19N3O3S/c1-2-7-16-12-3-5-14(6-4-12)21(18,19)17-8-9-20-13(10-15)11-17/h3-6,13,16H,2,7-9,11H2,1H3. The lowest BCUT2D eigenvalue weighted by molar-refractivity contribution is 0.0311. The van der Waals surface area contributed by atoms with Gasteiger partial charge in [-0.3, -0.25) is 0 Å². The van der Waals surface area contributed by atoms with E-state index >= 15 is 0 Å². The zero-order valence-corrected chi connectivity index (χ0v) is 12.8. The molecule has 1 unspecified atom stereocenters. The van der Waals surface area contributed by atoms with E-state index < -0.39 is 16.1 Å². The van der Waals surface area contributed by atoms with Crippen LogP contribution >= 0.6 is 0 Å². The van der Waals surface area contributed by atoms with Gasteiger partial charge in [-0.2, -0.15) is 9.57 Å². The predicted molar refractivity (Wildman–Crippen MR) is 79.3 cm³/mol. The van der Waals surface area contributed by atoms with Gasteiger partial charge in [-0.15, -0.1) is 0 Å². The van der Waals surface area contributed by atoms with Crippen molar-refractivity contribution in [2.75, 3.05) is 31.6 Å². The Bertz CT molecular complexity index is 607. The number of nitrogens with one attached hydrogen (secondary N) is 1. The molecule has 0 spiro atoms. The second-order valence-electron chi connectivity index (χ2n) is 4.80. The van der Waals surface area contributed by atoms with E-state index in [0.717, 1.165) is 18.7 Å². The number of hydrogen-bond donors (Lipinski definition) is 1. The molecule has 1 aliphatic heterocycles. The van der Waals surface area contributed by atoms with Gasteiger partial charge in [0.2, 0.25) is 10.0 Å². The minimum Gasteiger partial charge on any atom is -0.385 e. The average Bonchev–Trinajstić information content (AvgIpc) is 2.53. The number of nitrogens with zero attached hydrogens (tertiary/aromatic N) is 2. The van der Waals surface area contributed by atoms with Crippen molar-refractivity contribution in [1.82, 2.24) is 4.31 Å². The third-order valence-electron chi connectivity index (χ3n) is 3.24. The molecular formula is C14H19N3O3S. The van der Waals surface area contributed by atoms with Gasteiger partial charge in [0.1, 0.15) is 0 Å². The van der Waals surface area contributed by atoms with E-state index in [1.807, 2.05) is 6.07 Å². The van der Waals surface area contributed by atoms with Crippen molar-refractivity contribution in [3.8, 4) is 6.07 Å². The highest BCUT2D eigenvalue weighted by Gasteiger charge is 2.30. The van der Waals surface area contributed by atoms with E-state index in [2.05, 4.69) is 12.2 Å². The van der Waals surface area contributed by atoms with Crippen LogP contribution in [0.1, 0.15) is 13.3 Å². The van der Waals surface area contributed by atoms with E-state index in [9.17, 15) is 8.42 Å². The minimum absolute atomic E-state index is 0.0780. The zero-order valence-electron chi connectivity index (χ0n) is 11.9. The fourth-order valence-electron chi connectivity index (χ4n) is 2.09. The molecule has 6 nitrogen and oxygen atoms in total. The minimum atomic E-state index is -3.57. The monoisotopic (exact) mass is 309 g/mol. The first-order valence-electron chi connectivity index (χ1n) is 6.93. The summed E-state index contributed by atoms with van der Waals surface area (Å²) in [5, 5.41) is 12.1. The van der Waals surface area contributed by atoms with Gasteiger partial charge in [-0.05, 0) is 30.7 Å². The smallest absolute Gasteiger partial charge is 0.243 e. The molecule has 1 aliphatic rings. The van der Waals surface area contributed by atoms with Crippen LogP contribution in [0, 0.1) is 11.3 Å². The Labute approximate surface area is 125 Å². The van der Waals surface area contributed by atoms with E-state index in [1.54, 1.807) is 24.3 Å². The summed E-state index contributed by atoms with van der Waals surface area (Å²) in [7, 11) is -3.57. The molecule has 1 N–H and O–H groups in total. The van der Waals surface area contributed by atoms with Crippen LogP contribution in [-0.2, 0) is 14.8 Å². The number of anilines is 1. The molecule has 21 heavy (non-hydrogen) atoms. The predicted octanol–water partition coefficient (Wildman–Crippen LogP) is 1.42. The number of nitriles is 1. The molecular weight excluding hydrogens is 290 g/mol. The number of hydrogen-bond acceptors (Lipinski definition) is 5. The fourth-order valence-corrected chi connectivity index (χ4v) is 3.51. The molecule has 1 aromatic rings. The molecule has 1 heterocycles. The maximum Gasteiger partial charge on any atom is 0.243 e. The van der Waals surface area contributed by atoms with Crippen molar-refractivity contribution >= 4 is 15.7 Å². The van der Waals surface area contributed by atoms with Gasteiger partial charge in [0.15, 0.2) is 6.10 Å². The fraction of sp³-hybridized carbons (Fsp3) is 0.500. The summed E-state index contributed by atoms with van der Waals surface area (Å²) < 4.78 is 31.5. The highest BCUT2D eigenvalue weighted by molar-refractivity contribution is 7.89. The summed E-state index contributed by atoms with van der Waals surface area (Å²) >= 11 is 0. The molecule has 0 aromatic heterocycles. The summed E-state index contributed by atoms with van der Waals surface area (Å²) in [5.74, 6) is 0. The summed E-state index contributed by atoms with van der Waals surface area (Å²) in [6, 6.07) is 8.64. The molecule has 2 rings (SSSR count). The van der Waals surface area contributed by atoms with Crippen LogP contribution in [0.25, 0.3) is 0 Å². The number of ether oxygens (including phenoxy) is 1. The average molecular weight is 309 g/mol. The second-order valence-corrected chi connectivity index (χ2v) is 6.74. The van der Waals surface area contributed by atoms with E-state index in [-0.39, 0.29) is 24.6 Å². The van der Waals surface area contributed by atoms with Gasteiger partial charge in [-0.1, -0.05) is 6.92 Å². The summed E-state index contributed by atoms with van der Waals surface area (Å²) in [5.41, 5.74) is 0.896. The van der Waals surface area contributed by atoms with Crippen LogP contribution < -0.4 is 5.32 Å². The Kier molecular flexibility index (Phi) is 5.17. The van der Waals surface area contributed by atoms with E-state index in [1.165, 1.54) is 4.31 Å². The third-order valence-corrected chi connectivity index (χ3v) is 5.12. The lowest BCUT2D eigenvalue weighted by atomic mass is 10.3. The lowest BCUT2D eigenvalue weighted by Gasteiger charge is -2.28. The summed E-state index contributed by atoms with van der Waals surface area (Å²) in [6.45, 7) is 3.51. The highest BCUT2D eigenvalue weighted by atomic mass is 32.2. The summed E-state index contributed by atoms with van der Waals surface area (Å²) in [4.78, 5) is 0.239. The Balaban J connectivity index is 2.13. The normalized spacial score (nSPS) is 19.9. The molecule has 7 heteroatoms. The highest BCUT2D eigenvalue weighted by Crippen LogP contribution is 2.20. The molecule has 0 aliphatic carbocycles. The largest absolute Gasteiger partial charge is 0.385 e. The molecule has 0 saturated carbocycles.